The number of allylic oxidation sites excluding steroid dienone is 2. The lowest BCUT2D eigenvalue weighted by Crippen LogP contribution is -2.28. The van der Waals surface area contributed by atoms with Crippen LogP contribution in [-0.4, -0.2) is 19.4 Å². The van der Waals surface area contributed by atoms with Crippen LogP contribution in [0.5, 0.6) is 5.75 Å². The van der Waals surface area contributed by atoms with Gasteiger partial charge in [-0.1, -0.05) is 142 Å². The van der Waals surface area contributed by atoms with Gasteiger partial charge in [-0.25, -0.2) is 10.3 Å². The number of nitrogens with one attached hydrogen (secondary N) is 1. The minimum absolute atomic E-state index is 0.0566. The molecule has 1 aromatic carbocycles. The first-order valence-electron chi connectivity index (χ1n) is 17.1. The summed E-state index contributed by atoms with van der Waals surface area (Å²) in [6, 6.07) is 7.40. The fraction of sp³-hybridized carbons (Fsp3) is 0.694. The second-order valence-electron chi connectivity index (χ2n) is 11.8. The predicted octanol–water partition coefficient (Wildman–Crippen LogP) is 11.5. The van der Waals surface area contributed by atoms with Gasteiger partial charge in [0.2, 0.25) is 0 Å². The first-order chi connectivity index (χ1) is 21.1. The van der Waals surface area contributed by atoms with E-state index in [0.717, 1.165) is 38.5 Å². The van der Waals surface area contributed by atoms with E-state index in [1.54, 1.807) is 12.2 Å². The maximum absolute atomic E-state index is 12.3. The molecule has 1 heterocycles. The topological polar surface area (TPSA) is 90.2 Å². The van der Waals surface area contributed by atoms with Crippen molar-refractivity contribution in [1.29, 1.82) is 5.53 Å². The second kappa shape index (κ2) is 22.7. The van der Waals surface area contributed by atoms with Crippen LogP contribution < -0.4 is 4.74 Å². The Labute approximate surface area is 261 Å². The third-order valence-electron chi connectivity index (χ3n) is 8.16. The average Bonchev–Trinajstić information content (AvgIpc) is 3.03. The summed E-state index contributed by atoms with van der Waals surface area (Å²) in [5.41, 5.74) is 7.07. The smallest absolute Gasteiger partial charge is 0.494 e. The van der Waals surface area contributed by atoms with Crippen molar-refractivity contribution in [2.75, 3.05) is 13.2 Å². The molecule has 0 spiro atoms. The summed E-state index contributed by atoms with van der Waals surface area (Å²) in [4.78, 5) is 12.3. The molecule has 2 atom stereocenters. The Bertz CT molecular complexity index is 963. The molecule has 0 aliphatic carbocycles. The highest BCUT2D eigenvalue weighted by molar-refractivity contribution is 5.61. The van der Waals surface area contributed by atoms with Crippen LogP contribution in [0.25, 0.3) is 0 Å². The molecule has 43 heavy (non-hydrogen) atoms. The zero-order chi connectivity index (χ0) is 31.0. The number of carbonyl (C=O) groups excluding carboxylic acids is 1. The van der Waals surface area contributed by atoms with Crippen molar-refractivity contribution in [2.45, 2.75) is 142 Å². The van der Waals surface area contributed by atoms with E-state index in [0.29, 0.717) is 30.4 Å². The van der Waals surface area contributed by atoms with Crippen LogP contribution in [0, 0.1) is 11.4 Å². The molecule has 0 amide bonds. The van der Waals surface area contributed by atoms with Crippen LogP contribution in [0.1, 0.15) is 142 Å². The van der Waals surface area contributed by atoms with Gasteiger partial charge in [0.05, 0.1) is 13.2 Å². The first-order valence-corrected chi connectivity index (χ1v) is 17.1. The average molecular weight is 599 g/mol. The van der Waals surface area contributed by atoms with E-state index in [2.05, 4.69) is 25.9 Å². The monoisotopic (exact) mass is 598 g/mol. The Balaban J connectivity index is 1.68. The highest BCUT2D eigenvalue weighted by atomic mass is 16.8. The Hall–Kier alpha value is -2.83. The van der Waals surface area contributed by atoms with Crippen LogP contribution >= 0.6 is 0 Å². The quantitative estimate of drug-likeness (QED) is 0.0687. The molecular formula is C36H58N2O5. The second-order valence-corrected chi connectivity index (χ2v) is 11.8. The highest BCUT2D eigenvalue weighted by Gasteiger charge is 2.36. The van der Waals surface area contributed by atoms with Crippen LogP contribution in [0.2, 0.25) is 0 Å². The van der Waals surface area contributed by atoms with Gasteiger partial charge in [0.1, 0.15) is 5.75 Å². The Morgan fingerprint density at radius 1 is 0.884 bits per heavy atom. The first kappa shape index (κ1) is 36.4. The molecule has 1 N–H and O–H groups in total. The van der Waals surface area contributed by atoms with Gasteiger partial charge in [-0.3, -0.25) is 0 Å². The molecule has 0 saturated heterocycles. The van der Waals surface area contributed by atoms with Crippen LogP contribution in [0.4, 0.5) is 4.79 Å². The summed E-state index contributed by atoms with van der Waals surface area (Å²) in [6.45, 7) is 7.46. The van der Waals surface area contributed by atoms with E-state index >= 15 is 0 Å². The molecule has 0 aromatic heterocycles. The van der Waals surface area contributed by atoms with Crippen molar-refractivity contribution >= 4 is 6.16 Å². The Kier molecular flexibility index (Phi) is 19.2. The zero-order valence-electron chi connectivity index (χ0n) is 27.2. The van der Waals surface area contributed by atoms with Crippen molar-refractivity contribution in [3.63, 3.8) is 0 Å². The minimum Gasteiger partial charge on any atom is -0.494 e. The zero-order valence-corrected chi connectivity index (χ0v) is 27.2. The van der Waals surface area contributed by atoms with Crippen LogP contribution in [0.15, 0.2) is 53.6 Å². The fourth-order valence-corrected chi connectivity index (χ4v) is 5.30. The molecule has 0 fully saturated rings. The van der Waals surface area contributed by atoms with Gasteiger partial charge in [0, 0.05) is 11.6 Å². The number of hydrogen-bond donors (Lipinski definition) is 1. The van der Waals surface area contributed by atoms with E-state index in [-0.39, 0.29) is 5.95 Å². The van der Waals surface area contributed by atoms with Gasteiger partial charge in [-0.2, -0.15) is 0 Å². The molecule has 7 heteroatoms. The van der Waals surface area contributed by atoms with Crippen molar-refractivity contribution in [2.24, 2.45) is 11.0 Å². The molecule has 7 nitrogen and oxygen atoms in total. The lowest BCUT2D eigenvalue weighted by Gasteiger charge is -2.29. The number of carbonyl (C=O) groups is 1. The molecule has 0 saturated carbocycles. The summed E-state index contributed by atoms with van der Waals surface area (Å²) < 4.78 is 22.6. The lowest BCUT2D eigenvalue weighted by molar-refractivity contribution is -0.0510. The molecule has 2 unspecified atom stereocenters. The van der Waals surface area contributed by atoms with E-state index < -0.39 is 11.9 Å². The molecule has 2 rings (SSSR count). The normalized spacial score (nSPS) is 16.7. The van der Waals surface area contributed by atoms with Crippen molar-refractivity contribution < 1.29 is 23.7 Å². The lowest BCUT2D eigenvalue weighted by atomic mass is 10.0. The van der Waals surface area contributed by atoms with E-state index in [4.69, 9.17) is 24.5 Å². The number of nitrogens with zero attached hydrogens (tertiary/aromatic N) is 1. The standard InChI is InChI=1S/C36H58N2O5/c1-4-7-9-10-11-12-13-14-15-16-17-18-19-20-28-40-33-25-21-24-32(29-33)36(38-37)27-22-26-34(43-36)42-35(39)41-30-31(6-3)23-8-5-2/h21-22,24-27,29,31,37H,4-20,23,28,30H2,1-3H3. The number of unbranched alkanes of at least 4 members (excludes halogenated alkanes) is 14. The Morgan fingerprint density at radius 3 is 2.12 bits per heavy atom. The van der Waals surface area contributed by atoms with Crippen molar-refractivity contribution in [1.82, 2.24) is 0 Å². The molecule has 242 valence electrons. The number of hydrogen-bond acceptors (Lipinski definition) is 7. The number of benzene rings is 1. The third kappa shape index (κ3) is 14.9. The van der Waals surface area contributed by atoms with Crippen molar-refractivity contribution in [3.05, 3.63) is 54.0 Å². The van der Waals surface area contributed by atoms with E-state index in [1.807, 2.05) is 24.3 Å². The third-order valence-corrected chi connectivity index (χ3v) is 8.16. The highest BCUT2D eigenvalue weighted by Crippen LogP contribution is 2.36. The van der Waals surface area contributed by atoms with E-state index in [1.165, 1.54) is 83.1 Å². The number of ether oxygens (including phenoxy) is 4. The van der Waals surface area contributed by atoms with Crippen molar-refractivity contribution in [3.8, 4) is 5.75 Å². The summed E-state index contributed by atoms with van der Waals surface area (Å²) >= 11 is 0. The molecule has 1 aliphatic rings. The van der Waals surface area contributed by atoms with Gasteiger partial charge in [-0.05, 0) is 37.0 Å². The van der Waals surface area contributed by atoms with Gasteiger partial charge < -0.3 is 18.9 Å². The Morgan fingerprint density at radius 2 is 1.51 bits per heavy atom. The largest absolute Gasteiger partial charge is 0.516 e. The molecule has 0 bridgehead atoms. The summed E-state index contributed by atoms with van der Waals surface area (Å²) in [5.74, 6) is 0.948. The van der Waals surface area contributed by atoms with Gasteiger partial charge >= 0.3 is 6.16 Å². The molecular weight excluding hydrogens is 540 g/mol. The minimum atomic E-state index is -1.44. The summed E-state index contributed by atoms with van der Waals surface area (Å²) in [7, 11) is 0. The van der Waals surface area contributed by atoms with Crippen LogP contribution in [-0.2, 0) is 19.9 Å². The fourth-order valence-electron chi connectivity index (χ4n) is 5.30. The van der Waals surface area contributed by atoms with Gasteiger partial charge in [-0.15, -0.1) is 5.11 Å². The maximum Gasteiger partial charge on any atom is 0.516 e. The number of rotatable bonds is 25. The van der Waals surface area contributed by atoms with Gasteiger partial charge in [0.25, 0.3) is 11.7 Å². The predicted molar refractivity (Wildman–Crippen MR) is 173 cm³/mol. The summed E-state index contributed by atoms with van der Waals surface area (Å²) in [6.07, 6.45) is 26.7. The summed E-state index contributed by atoms with van der Waals surface area (Å²) in [5, 5.41) is 3.76. The van der Waals surface area contributed by atoms with Crippen LogP contribution in [0.3, 0.4) is 0 Å². The molecule has 1 aromatic rings. The molecule has 1 aliphatic heterocycles. The van der Waals surface area contributed by atoms with E-state index in [9.17, 15) is 4.79 Å². The molecule has 0 radical (unpaired) electrons. The SMILES string of the molecule is CCCCCCCCCCCCCCCCOc1cccc(C2(N=N)C=CC=C(OC(=O)OCC(CC)CCCC)O2)c1. The van der Waals surface area contributed by atoms with Gasteiger partial charge in [0.15, 0.2) is 0 Å². The maximum atomic E-state index is 12.3.